The molecule has 3 atom stereocenters. The molecular formula is C15H30N2. The largest absolute Gasteiger partial charge is 0.316 e. The topological polar surface area (TPSA) is 15.3 Å². The fourth-order valence-electron chi connectivity index (χ4n) is 3.55. The molecule has 1 saturated heterocycles. The summed E-state index contributed by atoms with van der Waals surface area (Å²) in [6.07, 6.45) is 7.10. The van der Waals surface area contributed by atoms with Crippen molar-refractivity contribution in [3.63, 3.8) is 0 Å². The minimum absolute atomic E-state index is 0.915. The quantitative estimate of drug-likeness (QED) is 0.716. The molecule has 2 nitrogen and oxygen atoms in total. The molecule has 17 heavy (non-hydrogen) atoms. The van der Waals surface area contributed by atoms with Crippen molar-refractivity contribution in [1.29, 1.82) is 0 Å². The lowest BCUT2D eigenvalue weighted by atomic mass is 9.98. The fraction of sp³-hybridized carbons (Fsp3) is 1.00. The highest BCUT2D eigenvalue weighted by Gasteiger charge is 2.28. The second-order valence-corrected chi connectivity index (χ2v) is 6.29. The molecule has 0 amide bonds. The maximum absolute atomic E-state index is 3.57. The molecule has 2 heteroatoms. The Morgan fingerprint density at radius 3 is 2.82 bits per heavy atom. The molecule has 0 bridgehead atoms. The smallest absolute Gasteiger partial charge is 0.00224 e. The first-order valence-electron chi connectivity index (χ1n) is 7.72. The minimum Gasteiger partial charge on any atom is -0.316 e. The Hall–Kier alpha value is -0.0800. The maximum atomic E-state index is 3.57. The van der Waals surface area contributed by atoms with E-state index in [0.717, 1.165) is 17.8 Å². The molecule has 1 aliphatic heterocycles. The number of rotatable bonds is 6. The molecule has 1 N–H and O–H groups in total. The first-order chi connectivity index (χ1) is 8.29. The molecule has 0 aromatic rings. The number of nitrogens with zero attached hydrogens (tertiary/aromatic N) is 1. The molecule has 100 valence electrons. The van der Waals surface area contributed by atoms with Gasteiger partial charge in [-0.2, -0.15) is 0 Å². The van der Waals surface area contributed by atoms with Gasteiger partial charge in [-0.3, -0.25) is 0 Å². The molecule has 1 aliphatic carbocycles. The predicted octanol–water partition coefficient (Wildman–Crippen LogP) is 2.74. The van der Waals surface area contributed by atoms with Crippen LogP contribution in [-0.2, 0) is 0 Å². The van der Waals surface area contributed by atoms with Crippen LogP contribution in [0.5, 0.6) is 0 Å². The van der Waals surface area contributed by atoms with Crippen molar-refractivity contribution in [3.05, 3.63) is 0 Å². The first kappa shape index (κ1) is 13.4. The summed E-state index contributed by atoms with van der Waals surface area (Å²) in [5.74, 6) is 2.89. The van der Waals surface area contributed by atoms with Crippen LogP contribution >= 0.6 is 0 Å². The van der Waals surface area contributed by atoms with Crippen LogP contribution in [0, 0.1) is 17.8 Å². The average molecular weight is 238 g/mol. The van der Waals surface area contributed by atoms with Crippen molar-refractivity contribution in [3.8, 4) is 0 Å². The molecule has 0 aromatic heterocycles. The van der Waals surface area contributed by atoms with Gasteiger partial charge in [0.05, 0.1) is 0 Å². The zero-order valence-electron chi connectivity index (χ0n) is 11.8. The maximum Gasteiger partial charge on any atom is 0.00224 e. The molecule has 0 aromatic carbocycles. The van der Waals surface area contributed by atoms with Crippen molar-refractivity contribution in [2.24, 2.45) is 17.8 Å². The molecule has 3 unspecified atom stereocenters. The van der Waals surface area contributed by atoms with Crippen LogP contribution in [0.1, 0.15) is 46.0 Å². The van der Waals surface area contributed by atoms with E-state index >= 15 is 0 Å². The summed E-state index contributed by atoms with van der Waals surface area (Å²) in [5.41, 5.74) is 0. The van der Waals surface area contributed by atoms with Gasteiger partial charge < -0.3 is 10.2 Å². The number of hydrogen-bond acceptors (Lipinski definition) is 2. The van der Waals surface area contributed by atoms with Gasteiger partial charge in [-0.05, 0) is 56.7 Å². The van der Waals surface area contributed by atoms with E-state index in [2.05, 4.69) is 24.1 Å². The van der Waals surface area contributed by atoms with Gasteiger partial charge in [0, 0.05) is 13.1 Å². The minimum atomic E-state index is 0.915. The second-order valence-electron chi connectivity index (χ2n) is 6.29. The molecule has 2 rings (SSSR count). The van der Waals surface area contributed by atoms with E-state index in [1.165, 1.54) is 64.8 Å². The number of hydrogen-bond donors (Lipinski definition) is 1. The zero-order valence-corrected chi connectivity index (χ0v) is 11.8. The summed E-state index contributed by atoms with van der Waals surface area (Å²) in [7, 11) is 0. The summed E-state index contributed by atoms with van der Waals surface area (Å²) in [5, 5.41) is 3.57. The van der Waals surface area contributed by atoms with E-state index in [-0.39, 0.29) is 0 Å². The standard InChI is InChI=1S/C15H30N2/c1-3-8-16-10-14-7-9-17(11-14)12-15-6-4-5-13(15)2/h13-16H,3-12H2,1-2H3. The van der Waals surface area contributed by atoms with Crippen LogP contribution in [0.15, 0.2) is 0 Å². The molecule has 2 fully saturated rings. The molecule has 2 aliphatic rings. The van der Waals surface area contributed by atoms with Crippen LogP contribution in [0.25, 0.3) is 0 Å². The lowest BCUT2D eigenvalue weighted by Crippen LogP contribution is -2.30. The van der Waals surface area contributed by atoms with Crippen molar-refractivity contribution < 1.29 is 0 Å². The SMILES string of the molecule is CCCNCC1CCN(CC2CCCC2C)C1. The van der Waals surface area contributed by atoms with Crippen LogP contribution in [-0.4, -0.2) is 37.6 Å². The Labute approximate surface area is 107 Å². The van der Waals surface area contributed by atoms with E-state index in [1.807, 2.05) is 0 Å². The van der Waals surface area contributed by atoms with Gasteiger partial charge in [-0.25, -0.2) is 0 Å². The summed E-state index contributed by atoms with van der Waals surface area (Å²) < 4.78 is 0. The van der Waals surface area contributed by atoms with Crippen LogP contribution in [0.4, 0.5) is 0 Å². The van der Waals surface area contributed by atoms with Crippen molar-refractivity contribution in [1.82, 2.24) is 10.2 Å². The summed E-state index contributed by atoms with van der Waals surface area (Å²) >= 11 is 0. The van der Waals surface area contributed by atoms with Gasteiger partial charge in [-0.1, -0.05) is 26.7 Å². The second kappa shape index (κ2) is 6.75. The van der Waals surface area contributed by atoms with Crippen LogP contribution in [0.2, 0.25) is 0 Å². The Morgan fingerprint density at radius 2 is 2.12 bits per heavy atom. The Balaban J connectivity index is 1.63. The highest BCUT2D eigenvalue weighted by molar-refractivity contribution is 4.82. The van der Waals surface area contributed by atoms with Gasteiger partial charge in [0.25, 0.3) is 0 Å². The molecule has 0 spiro atoms. The number of likely N-dealkylation sites (tertiary alicyclic amines) is 1. The van der Waals surface area contributed by atoms with E-state index in [4.69, 9.17) is 0 Å². The van der Waals surface area contributed by atoms with E-state index < -0.39 is 0 Å². The Kier molecular flexibility index (Phi) is 5.30. The third-order valence-corrected chi connectivity index (χ3v) is 4.76. The average Bonchev–Trinajstić information content (AvgIpc) is 2.91. The highest BCUT2D eigenvalue weighted by atomic mass is 15.2. The predicted molar refractivity (Wildman–Crippen MR) is 74.2 cm³/mol. The Bertz CT molecular complexity index is 217. The van der Waals surface area contributed by atoms with Gasteiger partial charge >= 0.3 is 0 Å². The molecule has 0 radical (unpaired) electrons. The van der Waals surface area contributed by atoms with Gasteiger partial charge in [-0.15, -0.1) is 0 Å². The van der Waals surface area contributed by atoms with Crippen LogP contribution in [0.3, 0.4) is 0 Å². The zero-order chi connectivity index (χ0) is 12.1. The van der Waals surface area contributed by atoms with E-state index in [0.29, 0.717) is 0 Å². The highest BCUT2D eigenvalue weighted by Crippen LogP contribution is 2.32. The molecule has 1 heterocycles. The van der Waals surface area contributed by atoms with Gasteiger partial charge in [0.1, 0.15) is 0 Å². The first-order valence-corrected chi connectivity index (χ1v) is 7.72. The monoisotopic (exact) mass is 238 g/mol. The van der Waals surface area contributed by atoms with Gasteiger partial charge in [0.15, 0.2) is 0 Å². The normalized spacial score (nSPS) is 34.6. The van der Waals surface area contributed by atoms with E-state index in [1.54, 1.807) is 0 Å². The van der Waals surface area contributed by atoms with Crippen molar-refractivity contribution in [2.45, 2.75) is 46.0 Å². The van der Waals surface area contributed by atoms with Crippen molar-refractivity contribution in [2.75, 3.05) is 32.7 Å². The van der Waals surface area contributed by atoms with E-state index in [9.17, 15) is 0 Å². The summed E-state index contributed by atoms with van der Waals surface area (Å²) in [4.78, 5) is 2.73. The third kappa shape index (κ3) is 3.96. The lowest BCUT2D eigenvalue weighted by molar-refractivity contribution is 0.241. The van der Waals surface area contributed by atoms with Gasteiger partial charge in [0.2, 0.25) is 0 Å². The van der Waals surface area contributed by atoms with Crippen molar-refractivity contribution >= 4 is 0 Å². The third-order valence-electron chi connectivity index (χ3n) is 4.76. The lowest BCUT2D eigenvalue weighted by Gasteiger charge is -2.23. The van der Waals surface area contributed by atoms with Crippen LogP contribution < -0.4 is 5.32 Å². The molecular weight excluding hydrogens is 208 g/mol. The Morgan fingerprint density at radius 1 is 1.24 bits per heavy atom. The molecule has 1 saturated carbocycles. The summed E-state index contributed by atoms with van der Waals surface area (Å²) in [6, 6.07) is 0. The number of nitrogens with one attached hydrogen (secondary N) is 1. The summed E-state index contributed by atoms with van der Waals surface area (Å²) in [6.45, 7) is 11.2. The fourth-order valence-corrected chi connectivity index (χ4v) is 3.55.